The molecule has 1 saturated heterocycles. The molecule has 1 heterocycles. The zero-order chi connectivity index (χ0) is 8.54. The topological polar surface area (TPSA) is 75.6 Å². The summed E-state index contributed by atoms with van der Waals surface area (Å²) in [6, 6.07) is 0. The molecular weight excluding hydrogens is 170 g/mol. The van der Waals surface area contributed by atoms with Gasteiger partial charge in [0.2, 0.25) is 10.0 Å². The van der Waals surface area contributed by atoms with Crippen LogP contribution in [-0.2, 0) is 14.8 Å². The molecule has 0 saturated carbocycles. The summed E-state index contributed by atoms with van der Waals surface area (Å²) in [6.07, 6.45) is 1.05. The van der Waals surface area contributed by atoms with Crippen LogP contribution in [0.15, 0.2) is 0 Å². The average molecular weight is 181 g/mol. The van der Waals surface area contributed by atoms with Crippen molar-refractivity contribution in [1.29, 1.82) is 0 Å². The molecule has 6 heteroatoms. The third-order valence-electron chi connectivity index (χ3n) is 1.40. The summed E-state index contributed by atoms with van der Waals surface area (Å²) < 4.78 is 28.0. The summed E-state index contributed by atoms with van der Waals surface area (Å²) in [5, 5.41) is 9.32. The summed E-state index contributed by atoms with van der Waals surface area (Å²) in [5.41, 5.74) is -0.983. The van der Waals surface area contributed by atoms with E-state index in [1.807, 2.05) is 0 Å². The van der Waals surface area contributed by atoms with Crippen LogP contribution in [0.4, 0.5) is 0 Å². The molecule has 1 aliphatic heterocycles. The van der Waals surface area contributed by atoms with Gasteiger partial charge in [0.15, 0.2) is 0 Å². The molecule has 0 aromatic heterocycles. The van der Waals surface area contributed by atoms with E-state index >= 15 is 0 Å². The predicted octanol–water partition coefficient (Wildman–Crippen LogP) is -1.70. The summed E-state index contributed by atoms with van der Waals surface area (Å²) in [4.78, 5) is 0. The van der Waals surface area contributed by atoms with E-state index in [2.05, 4.69) is 4.72 Å². The molecule has 0 aromatic carbocycles. The Morgan fingerprint density at radius 3 is 2.45 bits per heavy atom. The van der Waals surface area contributed by atoms with Crippen LogP contribution >= 0.6 is 0 Å². The van der Waals surface area contributed by atoms with Gasteiger partial charge in [0.1, 0.15) is 5.60 Å². The molecule has 0 spiro atoms. The molecule has 1 aliphatic rings. The number of hydrogen-bond donors (Lipinski definition) is 2. The van der Waals surface area contributed by atoms with Crippen molar-refractivity contribution in [3.05, 3.63) is 0 Å². The summed E-state index contributed by atoms with van der Waals surface area (Å²) in [7, 11) is -3.20. The van der Waals surface area contributed by atoms with Gasteiger partial charge in [-0.1, -0.05) is 0 Å². The van der Waals surface area contributed by atoms with Crippen molar-refractivity contribution in [2.24, 2.45) is 0 Å². The summed E-state index contributed by atoms with van der Waals surface area (Å²) in [5.74, 6) is 0. The van der Waals surface area contributed by atoms with Crippen LogP contribution in [-0.4, -0.2) is 45.1 Å². The minimum absolute atomic E-state index is 0.0336. The Morgan fingerprint density at radius 1 is 1.64 bits per heavy atom. The molecule has 0 aromatic rings. The van der Waals surface area contributed by atoms with Crippen molar-refractivity contribution < 1.29 is 18.3 Å². The van der Waals surface area contributed by atoms with E-state index in [-0.39, 0.29) is 19.8 Å². The van der Waals surface area contributed by atoms with Gasteiger partial charge in [-0.25, -0.2) is 13.1 Å². The Labute approximate surface area is 65.4 Å². The highest BCUT2D eigenvalue weighted by Crippen LogP contribution is 2.14. The van der Waals surface area contributed by atoms with Gasteiger partial charge >= 0.3 is 0 Å². The fourth-order valence-corrected chi connectivity index (χ4v) is 1.24. The maximum absolute atomic E-state index is 10.6. The minimum atomic E-state index is -3.20. The highest BCUT2D eigenvalue weighted by Gasteiger charge is 2.36. The van der Waals surface area contributed by atoms with E-state index in [1.54, 1.807) is 0 Å². The number of sulfonamides is 1. The fourth-order valence-electron chi connectivity index (χ4n) is 0.705. The van der Waals surface area contributed by atoms with Gasteiger partial charge < -0.3 is 9.84 Å². The number of rotatable bonds is 3. The van der Waals surface area contributed by atoms with E-state index in [0.29, 0.717) is 0 Å². The Morgan fingerprint density at radius 2 is 2.18 bits per heavy atom. The average Bonchev–Trinajstić information content (AvgIpc) is 1.77. The van der Waals surface area contributed by atoms with E-state index in [1.165, 1.54) is 0 Å². The van der Waals surface area contributed by atoms with Crippen molar-refractivity contribution in [3.63, 3.8) is 0 Å². The third kappa shape index (κ3) is 2.74. The van der Waals surface area contributed by atoms with E-state index in [9.17, 15) is 13.5 Å². The van der Waals surface area contributed by atoms with Crippen LogP contribution in [0.3, 0.4) is 0 Å². The molecule has 0 radical (unpaired) electrons. The summed E-state index contributed by atoms with van der Waals surface area (Å²) >= 11 is 0. The first-order chi connectivity index (χ1) is 4.91. The number of aliphatic hydroxyl groups is 1. The van der Waals surface area contributed by atoms with Crippen LogP contribution in [0, 0.1) is 0 Å². The van der Waals surface area contributed by atoms with Gasteiger partial charge in [0.05, 0.1) is 19.5 Å². The van der Waals surface area contributed by atoms with Crippen molar-refractivity contribution in [3.8, 4) is 0 Å². The monoisotopic (exact) mass is 181 g/mol. The van der Waals surface area contributed by atoms with Gasteiger partial charge in [-0.2, -0.15) is 0 Å². The van der Waals surface area contributed by atoms with Crippen molar-refractivity contribution >= 4 is 10.0 Å². The zero-order valence-electron chi connectivity index (χ0n) is 6.20. The normalized spacial score (nSPS) is 22.7. The number of hydrogen-bond acceptors (Lipinski definition) is 4. The minimum Gasteiger partial charge on any atom is -0.384 e. The largest absolute Gasteiger partial charge is 0.384 e. The van der Waals surface area contributed by atoms with E-state index in [4.69, 9.17) is 4.74 Å². The lowest BCUT2D eigenvalue weighted by Crippen LogP contribution is -2.56. The maximum Gasteiger partial charge on any atom is 0.208 e. The zero-order valence-corrected chi connectivity index (χ0v) is 7.02. The molecule has 66 valence electrons. The van der Waals surface area contributed by atoms with Gasteiger partial charge in [-0.15, -0.1) is 0 Å². The Hall–Kier alpha value is -0.170. The predicted molar refractivity (Wildman–Crippen MR) is 38.6 cm³/mol. The second-order valence-electron chi connectivity index (χ2n) is 2.81. The van der Waals surface area contributed by atoms with Crippen LogP contribution < -0.4 is 4.72 Å². The second-order valence-corrected chi connectivity index (χ2v) is 4.64. The third-order valence-corrected chi connectivity index (χ3v) is 2.07. The number of ether oxygens (including phenoxy) is 1. The van der Waals surface area contributed by atoms with Crippen LogP contribution in [0.1, 0.15) is 0 Å². The quantitative estimate of drug-likeness (QED) is 0.544. The second kappa shape index (κ2) is 2.71. The molecule has 0 bridgehead atoms. The van der Waals surface area contributed by atoms with E-state index < -0.39 is 15.6 Å². The SMILES string of the molecule is CS(=O)(=O)NCC1(O)COC1. The Kier molecular flexibility index (Phi) is 2.19. The van der Waals surface area contributed by atoms with Gasteiger partial charge in [0, 0.05) is 6.54 Å². The standard InChI is InChI=1S/C5H11NO4S/c1-11(8,9)6-2-5(7)3-10-4-5/h6-7H,2-4H2,1H3. The van der Waals surface area contributed by atoms with Gasteiger partial charge in [-0.05, 0) is 0 Å². The molecule has 0 amide bonds. The first-order valence-corrected chi connectivity index (χ1v) is 5.05. The molecule has 0 unspecified atom stereocenters. The highest BCUT2D eigenvalue weighted by atomic mass is 32.2. The molecular formula is C5H11NO4S. The smallest absolute Gasteiger partial charge is 0.208 e. The Bertz CT molecular complexity index is 231. The van der Waals surface area contributed by atoms with Crippen LogP contribution in [0.25, 0.3) is 0 Å². The molecule has 1 fully saturated rings. The molecule has 5 nitrogen and oxygen atoms in total. The summed E-state index contributed by atoms with van der Waals surface area (Å²) in [6.45, 7) is 0.441. The van der Waals surface area contributed by atoms with Gasteiger partial charge in [0.25, 0.3) is 0 Å². The molecule has 0 atom stereocenters. The van der Waals surface area contributed by atoms with Crippen molar-refractivity contribution in [2.45, 2.75) is 5.60 Å². The number of nitrogens with one attached hydrogen (secondary N) is 1. The lowest BCUT2D eigenvalue weighted by molar-refractivity contribution is -0.172. The highest BCUT2D eigenvalue weighted by molar-refractivity contribution is 7.88. The van der Waals surface area contributed by atoms with Crippen molar-refractivity contribution in [2.75, 3.05) is 26.0 Å². The van der Waals surface area contributed by atoms with Gasteiger partial charge in [-0.3, -0.25) is 0 Å². The molecule has 11 heavy (non-hydrogen) atoms. The lowest BCUT2D eigenvalue weighted by Gasteiger charge is -2.35. The molecule has 0 aliphatic carbocycles. The maximum atomic E-state index is 10.6. The first kappa shape index (κ1) is 8.92. The molecule has 2 N–H and O–H groups in total. The molecule has 1 rings (SSSR count). The fraction of sp³-hybridized carbons (Fsp3) is 1.00. The first-order valence-electron chi connectivity index (χ1n) is 3.16. The van der Waals surface area contributed by atoms with Crippen LogP contribution in [0.5, 0.6) is 0 Å². The van der Waals surface area contributed by atoms with E-state index in [0.717, 1.165) is 6.26 Å². The van der Waals surface area contributed by atoms with Crippen LogP contribution in [0.2, 0.25) is 0 Å². The lowest BCUT2D eigenvalue weighted by atomic mass is 10.0. The van der Waals surface area contributed by atoms with Crippen molar-refractivity contribution in [1.82, 2.24) is 4.72 Å². The Balaban J connectivity index is 2.33.